The van der Waals surface area contributed by atoms with Gasteiger partial charge in [0, 0.05) is 12.0 Å². The zero-order chi connectivity index (χ0) is 12.2. The summed E-state index contributed by atoms with van der Waals surface area (Å²) in [5.74, 6) is -0.510. The van der Waals surface area contributed by atoms with Crippen molar-refractivity contribution in [2.45, 2.75) is 39.2 Å². The van der Waals surface area contributed by atoms with E-state index in [1.54, 1.807) is 6.92 Å². The van der Waals surface area contributed by atoms with Crippen molar-refractivity contribution >= 4 is 15.9 Å². The van der Waals surface area contributed by atoms with Gasteiger partial charge in [0.25, 0.3) is 0 Å². The van der Waals surface area contributed by atoms with Crippen LogP contribution in [0, 0.1) is 5.92 Å². The Morgan fingerprint density at radius 2 is 2.19 bits per heavy atom. The lowest BCUT2D eigenvalue weighted by molar-refractivity contribution is -0.124. The fraction of sp³-hybridized carbons (Fsp3) is 0.900. The molecule has 5 nitrogen and oxygen atoms in total. The summed E-state index contributed by atoms with van der Waals surface area (Å²) < 4.78 is 25.0. The molecule has 16 heavy (non-hydrogen) atoms. The van der Waals surface area contributed by atoms with E-state index in [9.17, 15) is 13.2 Å². The summed E-state index contributed by atoms with van der Waals surface area (Å²) in [5, 5.41) is 3.23. The Balaban J connectivity index is 2.51. The highest BCUT2D eigenvalue weighted by Crippen LogP contribution is 2.16. The van der Waals surface area contributed by atoms with Crippen LogP contribution < -0.4 is 10.0 Å². The number of sulfonamides is 1. The lowest BCUT2D eigenvalue weighted by atomic mass is 9.93. The lowest BCUT2D eigenvalue weighted by Crippen LogP contribution is -2.44. The largest absolute Gasteiger partial charge is 0.314 e. The van der Waals surface area contributed by atoms with Gasteiger partial charge in [0.1, 0.15) is 0 Å². The average Bonchev–Trinajstić information content (AvgIpc) is 2.16. The van der Waals surface area contributed by atoms with Gasteiger partial charge in [0.2, 0.25) is 15.9 Å². The van der Waals surface area contributed by atoms with Gasteiger partial charge < -0.3 is 5.32 Å². The van der Waals surface area contributed by atoms with E-state index in [-0.39, 0.29) is 23.6 Å². The summed E-state index contributed by atoms with van der Waals surface area (Å²) in [6.07, 6.45) is 1.93. The van der Waals surface area contributed by atoms with Gasteiger partial charge in [0.15, 0.2) is 0 Å². The highest BCUT2D eigenvalue weighted by Gasteiger charge is 2.27. The Hall–Kier alpha value is -0.620. The molecule has 0 aromatic carbocycles. The zero-order valence-electron chi connectivity index (χ0n) is 9.82. The van der Waals surface area contributed by atoms with Gasteiger partial charge in [-0.05, 0) is 32.7 Å². The normalized spacial score (nSPS) is 26.4. The maximum atomic E-state index is 11.7. The Morgan fingerprint density at radius 3 is 2.75 bits per heavy atom. The van der Waals surface area contributed by atoms with Gasteiger partial charge in [-0.25, -0.2) is 8.42 Å². The quantitative estimate of drug-likeness (QED) is 0.747. The maximum Gasteiger partial charge on any atom is 0.236 e. The summed E-state index contributed by atoms with van der Waals surface area (Å²) in [5.41, 5.74) is 0. The summed E-state index contributed by atoms with van der Waals surface area (Å²) >= 11 is 0. The van der Waals surface area contributed by atoms with Gasteiger partial charge in [-0.2, -0.15) is 0 Å². The number of rotatable bonds is 4. The monoisotopic (exact) mass is 248 g/mol. The molecule has 0 bridgehead atoms. The standard InChI is InChI=1S/C10H20N2O3S/c1-3-6-16(14,15)12-10(13)9-4-5-11-8(2)7-9/h8-9,11H,3-7H2,1-2H3,(H,12,13). The highest BCUT2D eigenvalue weighted by atomic mass is 32.2. The molecule has 2 atom stereocenters. The fourth-order valence-corrected chi connectivity index (χ4v) is 3.04. The number of carbonyl (C=O) groups is 1. The second-order valence-electron chi connectivity index (χ2n) is 4.36. The first kappa shape index (κ1) is 13.4. The van der Waals surface area contributed by atoms with Crippen molar-refractivity contribution in [3.8, 4) is 0 Å². The summed E-state index contributed by atoms with van der Waals surface area (Å²) in [6, 6.07) is 0.276. The molecule has 1 fully saturated rings. The van der Waals surface area contributed by atoms with Crippen molar-refractivity contribution in [1.29, 1.82) is 0 Å². The van der Waals surface area contributed by atoms with Crippen molar-refractivity contribution < 1.29 is 13.2 Å². The maximum absolute atomic E-state index is 11.7. The lowest BCUT2D eigenvalue weighted by Gasteiger charge is -2.26. The molecule has 0 spiro atoms. The van der Waals surface area contributed by atoms with E-state index in [0.717, 1.165) is 6.54 Å². The van der Waals surface area contributed by atoms with E-state index in [1.165, 1.54) is 0 Å². The van der Waals surface area contributed by atoms with E-state index < -0.39 is 10.0 Å². The van der Waals surface area contributed by atoms with Crippen LogP contribution in [0.1, 0.15) is 33.1 Å². The molecule has 1 amide bonds. The van der Waals surface area contributed by atoms with Crippen LogP contribution in [0.15, 0.2) is 0 Å². The third-order valence-corrected chi connectivity index (χ3v) is 4.18. The molecule has 0 aromatic rings. The number of piperidine rings is 1. The molecule has 1 aliphatic rings. The van der Waals surface area contributed by atoms with Crippen molar-refractivity contribution in [2.24, 2.45) is 5.92 Å². The fourth-order valence-electron chi connectivity index (χ4n) is 1.93. The molecule has 0 aromatic heterocycles. The average molecular weight is 248 g/mol. The smallest absolute Gasteiger partial charge is 0.236 e. The number of amides is 1. The Bertz CT molecular complexity index is 340. The Labute approximate surface area is 97.0 Å². The van der Waals surface area contributed by atoms with Gasteiger partial charge >= 0.3 is 0 Å². The Morgan fingerprint density at radius 1 is 1.50 bits per heavy atom. The molecule has 2 N–H and O–H groups in total. The third kappa shape index (κ3) is 4.09. The summed E-state index contributed by atoms with van der Waals surface area (Å²) in [4.78, 5) is 11.7. The first-order chi connectivity index (χ1) is 7.44. The number of carbonyl (C=O) groups excluding carboxylic acids is 1. The molecule has 1 heterocycles. The van der Waals surface area contributed by atoms with Crippen LogP contribution in [-0.4, -0.2) is 32.7 Å². The molecule has 1 saturated heterocycles. The van der Waals surface area contributed by atoms with Crippen LogP contribution in [0.4, 0.5) is 0 Å². The van der Waals surface area contributed by atoms with E-state index in [4.69, 9.17) is 0 Å². The minimum atomic E-state index is -3.42. The zero-order valence-corrected chi connectivity index (χ0v) is 10.6. The Kier molecular flexibility index (Phi) is 4.73. The SMILES string of the molecule is CCCS(=O)(=O)NC(=O)C1CCNC(C)C1. The second kappa shape index (κ2) is 5.63. The molecule has 2 unspecified atom stereocenters. The van der Waals surface area contributed by atoms with Crippen LogP contribution in [0.3, 0.4) is 0 Å². The minimum Gasteiger partial charge on any atom is -0.314 e. The van der Waals surface area contributed by atoms with E-state index in [0.29, 0.717) is 19.3 Å². The molecule has 0 radical (unpaired) electrons. The molecule has 94 valence electrons. The van der Waals surface area contributed by atoms with Gasteiger partial charge in [-0.1, -0.05) is 6.92 Å². The predicted octanol–water partition coefficient (Wildman–Crippen LogP) is 0.231. The molecule has 1 rings (SSSR count). The van der Waals surface area contributed by atoms with Crippen LogP contribution in [0.5, 0.6) is 0 Å². The number of hydrogen-bond acceptors (Lipinski definition) is 4. The van der Waals surface area contributed by atoms with Crippen molar-refractivity contribution in [1.82, 2.24) is 10.0 Å². The van der Waals surface area contributed by atoms with Crippen molar-refractivity contribution in [3.63, 3.8) is 0 Å². The van der Waals surface area contributed by atoms with Crippen LogP contribution in [-0.2, 0) is 14.8 Å². The molecule has 6 heteroatoms. The van der Waals surface area contributed by atoms with Crippen LogP contribution >= 0.6 is 0 Å². The summed E-state index contributed by atoms with van der Waals surface area (Å²) in [6.45, 7) is 4.55. The predicted molar refractivity (Wildman–Crippen MR) is 62.4 cm³/mol. The molecule has 0 aliphatic carbocycles. The third-order valence-electron chi connectivity index (χ3n) is 2.72. The van der Waals surface area contributed by atoms with Crippen LogP contribution in [0.25, 0.3) is 0 Å². The molecular weight excluding hydrogens is 228 g/mol. The van der Waals surface area contributed by atoms with Gasteiger partial charge in [-0.3, -0.25) is 9.52 Å². The molecule has 1 aliphatic heterocycles. The van der Waals surface area contributed by atoms with Crippen molar-refractivity contribution in [2.75, 3.05) is 12.3 Å². The van der Waals surface area contributed by atoms with E-state index in [2.05, 4.69) is 10.0 Å². The van der Waals surface area contributed by atoms with Gasteiger partial charge in [-0.15, -0.1) is 0 Å². The molecule has 0 saturated carbocycles. The second-order valence-corrected chi connectivity index (χ2v) is 6.20. The summed E-state index contributed by atoms with van der Waals surface area (Å²) in [7, 11) is -3.42. The molecular formula is C10H20N2O3S. The topological polar surface area (TPSA) is 75.3 Å². The number of hydrogen-bond donors (Lipinski definition) is 2. The van der Waals surface area contributed by atoms with E-state index >= 15 is 0 Å². The first-order valence-corrected chi connectivity index (χ1v) is 7.37. The number of nitrogens with one attached hydrogen (secondary N) is 2. The van der Waals surface area contributed by atoms with Crippen molar-refractivity contribution in [3.05, 3.63) is 0 Å². The highest BCUT2D eigenvalue weighted by molar-refractivity contribution is 7.90. The minimum absolute atomic E-state index is 0.0132. The van der Waals surface area contributed by atoms with Crippen LogP contribution in [0.2, 0.25) is 0 Å². The first-order valence-electron chi connectivity index (χ1n) is 5.72. The van der Waals surface area contributed by atoms with Gasteiger partial charge in [0.05, 0.1) is 5.75 Å². The van der Waals surface area contributed by atoms with E-state index in [1.807, 2.05) is 6.92 Å².